The van der Waals surface area contributed by atoms with Gasteiger partial charge in [0, 0.05) is 57.2 Å². The Morgan fingerprint density at radius 2 is 1.84 bits per heavy atom. The minimum atomic E-state index is 0.132. The molecule has 1 aromatic heterocycles. The van der Waals surface area contributed by atoms with Crippen molar-refractivity contribution in [2.24, 2.45) is 5.92 Å². The number of carbonyl (C=O) groups excluding carboxylic acids is 1. The second-order valence-corrected chi connectivity index (χ2v) is 9.53. The summed E-state index contributed by atoms with van der Waals surface area (Å²) in [5, 5.41) is 0.996. The standard InChI is InChI=1S/C25H33N3O4/c1-27(2)25-19(11-18-12-22-23(32-16-31-22)13-21(18)26-25)14-28(15-20-8-5-9-30-20)24(29)10-17-6-3-4-7-17/h11-13,17,20H,3-10,14-16H2,1-2H3. The zero-order valence-corrected chi connectivity index (χ0v) is 19.1. The van der Waals surface area contributed by atoms with Crippen molar-refractivity contribution in [2.45, 2.75) is 57.6 Å². The number of nitrogens with zero attached hydrogens (tertiary/aromatic N) is 3. The van der Waals surface area contributed by atoms with Gasteiger partial charge in [0.15, 0.2) is 11.5 Å². The van der Waals surface area contributed by atoms with Crippen LogP contribution < -0.4 is 14.4 Å². The third-order valence-corrected chi connectivity index (χ3v) is 6.89. The van der Waals surface area contributed by atoms with Crippen molar-refractivity contribution in [3.63, 3.8) is 0 Å². The number of amides is 1. The van der Waals surface area contributed by atoms with Crippen molar-refractivity contribution >= 4 is 22.6 Å². The molecule has 2 aromatic rings. The van der Waals surface area contributed by atoms with Crippen molar-refractivity contribution in [1.29, 1.82) is 0 Å². The molecular formula is C25H33N3O4. The molecule has 1 atom stereocenters. The van der Waals surface area contributed by atoms with E-state index in [2.05, 4.69) is 6.07 Å². The molecule has 0 bridgehead atoms. The second-order valence-electron chi connectivity index (χ2n) is 9.53. The van der Waals surface area contributed by atoms with Crippen LogP contribution in [-0.2, 0) is 16.1 Å². The third kappa shape index (κ3) is 4.49. The average molecular weight is 440 g/mol. The van der Waals surface area contributed by atoms with Gasteiger partial charge in [-0.25, -0.2) is 4.98 Å². The highest BCUT2D eigenvalue weighted by Crippen LogP contribution is 2.37. The fraction of sp³-hybridized carbons (Fsp3) is 0.600. The fourth-order valence-corrected chi connectivity index (χ4v) is 5.19. The van der Waals surface area contributed by atoms with Gasteiger partial charge in [0.05, 0.1) is 11.6 Å². The van der Waals surface area contributed by atoms with Gasteiger partial charge in [-0.3, -0.25) is 4.79 Å². The summed E-state index contributed by atoms with van der Waals surface area (Å²) in [6.07, 6.45) is 7.71. The quantitative estimate of drug-likeness (QED) is 0.647. The lowest BCUT2D eigenvalue weighted by Crippen LogP contribution is -2.38. The van der Waals surface area contributed by atoms with Crippen molar-refractivity contribution < 1.29 is 19.0 Å². The van der Waals surface area contributed by atoms with Gasteiger partial charge in [0.25, 0.3) is 0 Å². The number of ether oxygens (including phenoxy) is 3. The number of carbonyl (C=O) groups is 1. The van der Waals surface area contributed by atoms with Crippen LogP contribution in [0.3, 0.4) is 0 Å². The molecule has 1 saturated carbocycles. The zero-order chi connectivity index (χ0) is 22.1. The maximum Gasteiger partial charge on any atom is 0.231 e. The molecule has 5 rings (SSSR count). The van der Waals surface area contributed by atoms with E-state index in [-0.39, 0.29) is 18.8 Å². The Kier molecular flexibility index (Phi) is 6.09. The summed E-state index contributed by atoms with van der Waals surface area (Å²) in [6.45, 7) is 2.22. The Morgan fingerprint density at radius 1 is 1.06 bits per heavy atom. The number of hydrogen-bond donors (Lipinski definition) is 0. The molecule has 1 aromatic carbocycles. The molecule has 2 fully saturated rings. The van der Waals surface area contributed by atoms with E-state index in [1.165, 1.54) is 25.7 Å². The summed E-state index contributed by atoms with van der Waals surface area (Å²) in [4.78, 5) is 22.3. The fourth-order valence-electron chi connectivity index (χ4n) is 5.19. The van der Waals surface area contributed by atoms with E-state index in [4.69, 9.17) is 19.2 Å². The molecule has 1 saturated heterocycles. The average Bonchev–Trinajstić information content (AvgIpc) is 3.54. The monoisotopic (exact) mass is 439 g/mol. The molecule has 3 aliphatic rings. The maximum atomic E-state index is 13.4. The lowest BCUT2D eigenvalue weighted by Gasteiger charge is -2.28. The van der Waals surface area contributed by atoms with Crippen LogP contribution in [0.25, 0.3) is 10.9 Å². The molecule has 0 radical (unpaired) electrons. The number of hydrogen-bond acceptors (Lipinski definition) is 6. The van der Waals surface area contributed by atoms with Crippen LogP contribution in [0.2, 0.25) is 0 Å². The molecule has 1 unspecified atom stereocenters. The van der Waals surface area contributed by atoms with Crippen molar-refractivity contribution in [3.8, 4) is 11.5 Å². The first-order valence-electron chi connectivity index (χ1n) is 11.9. The molecule has 3 heterocycles. The SMILES string of the molecule is CN(C)c1nc2cc3c(cc2cc1CN(CC1CCCO1)C(=O)CC1CCCC1)OCO3. The van der Waals surface area contributed by atoms with Gasteiger partial charge in [-0.05, 0) is 43.7 Å². The molecule has 0 N–H and O–H groups in total. The molecule has 7 heteroatoms. The van der Waals surface area contributed by atoms with Crippen LogP contribution in [0, 0.1) is 5.92 Å². The molecule has 0 spiro atoms. The van der Waals surface area contributed by atoms with E-state index < -0.39 is 0 Å². The van der Waals surface area contributed by atoms with Crippen LogP contribution in [0.4, 0.5) is 5.82 Å². The summed E-state index contributed by atoms with van der Waals surface area (Å²) < 4.78 is 17.0. The van der Waals surface area contributed by atoms with Crippen LogP contribution >= 0.6 is 0 Å². The first-order chi connectivity index (χ1) is 15.6. The van der Waals surface area contributed by atoms with Crippen molar-refractivity contribution in [1.82, 2.24) is 9.88 Å². The Bertz CT molecular complexity index is 981. The lowest BCUT2D eigenvalue weighted by atomic mass is 10.0. The van der Waals surface area contributed by atoms with Gasteiger partial charge >= 0.3 is 0 Å². The Balaban J connectivity index is 1.44. The normalized spacial score (nSPS) is 20.2. The van der Waals surface area contributed by atoms with Gasteiger partial charge in [0.2, 0.25) is 12.7 Å². The smallest absolute Gasteiger partial charge is 0.231 e. The molecule has 2 aliphatic heterocycles. The highest BCUT2D eigenvalue weighted by Gasteiger charge is 2.27. The summed E-state index contributed by atoms with van der Waals surface area (Å²) in [7, 11) is 3.99. The van der Waals surface area contributed by atoms with Crippen LogP contribution in [0.1, 0.15) is 50.5 Å². The largest absolute Gasteiger partial charge is 0.454 e. The Labute approximate surface area is 189 Å². The van der Waals surface area contributed by atoms with Gasteiger partial charge < -0.3 is 24.0 Å². The van der Waals surface area contributed by atoms with E-state index in [9.17, 15) is 4.79 Å². The highest BCUT2D eigenvalue weighted by atomic mass is 16.7. The van der Waals surface area contributed by atoms with E-state index in [0.717, 1.165) is 53.2 Å². The van der Waals surface area contributed by atoms with Crippen molar-refractivity contribution in [3.05, 3.63) is 23.8 Å². The maximum absolute atomic E-state index is 13.4. The number of benzene rings is 1. The van der Waals surface area contributed by atoms with Gasteiger partial charge in [-0.15, -0.1) is 0 Å². The number of rotatable bonds is 7. The number of pyridine rings is 1. The molecule has 172 valence electrons. The minimum Gasteiger partial charge on any atom is -0.454 e. The van der Waals surface area contributed by atoms with Crippen LogP contribution in [-0.4, -0.2) is 55.9 Å². The van der Waals surface area contributed by atoms with E-state index >= 15 is 0 Å². The molecule has 7 nitrogen and oxygen atoms in total. The second kappa shape index (κ2) is 9.14. The predicted octanol–water partition coefficient (Wildman–Crippen LogP) is 4.12. The minimum absolute atomic E-state index is 0.132. The summed E-state index contributed by atoms with van der Waals surface area (Å²) in [5.41, 5.74) is 1.91. The zero-order valence-electron chi connectivity index (χ0n) is 19.1. The first kappa shape index (κ1) is 21.3. The highest BCUT2D eigenvalue weighted by molar-refractivity contribution is 5.86. The van der Waals surface area contributed by atoms with E-state index in [0.29, 0.717) is 25.4 Å². The lowest BCUT2D eigenvalue weighted by molar-refractivity contribution is -0.134. The van der Waals surface area contributed by atoms with Gasteiger partial charge in [-0.2, -0.15) is 0 Å². The van der Waals surface area contributed by atoms with Crippen LogP contribution in [0.5, 0.6) is 11.5 Å². The molecule has 1 amide bonds. The van der Waals surface area contributed by atoms with E-state index in [1.54, 1.807) is 0 Å². The third-order valence-electron chi connectivity index (χ3n) is 6.89. The first-order valence-corrected chi connectivity index (χ1v) is 11.9. The topological polar surface area (TPSA) is 64.1 Å². The predicted molar refractivity (Wildman–Crippen MR) is 123 cm³/mol. The van der Waals surface area contributed by atoms with Gasteiger partial charge in [-0.1, -0.05) is 12.8 Å². The summed E-state index contributed by atoms with van der Waals surface area (Å²) in [5.74, 6) is 3.12. The van der Waals surface area contributed by atoms with Crippen LogP contribution in [0.15, 0.2) is 18.2 Å². The molecular weight excluding hydrogens is 406 g/mol. The number of anilines is 1. The van der Waals surface area contributed by atoms with E-state index in [1.807, 2.05) is 36.0 Å². The van der Waals surface area contributed by atoms with Gasteiger partial charge in [0.1, 0.15) is 5.82 Å². The van der Waals surface area contributed by atoms with Crippen molar-refractivity contribution in [2.75, 3.05) is 38.9 Å². The molecule has 1 aliphatic carbocycles. The molecule has 32 heavy (non-hydrogen) atoms. The Hall–Kier alpha value is -2.54. The summed E-state index contributed by atoms with van der Waals surface area (Å²) >= 11 is 0. The number of fused-ring (bicyclic) bond motifs is 2. The summed E-state index contributed by atoms with van der Waals surface area (Å²) in [6, 6.07) is 6.06. The number of aromatic nitrogens is 1. The Morgan fingerprint density at radius 3 is 2.56 bits per heavy atom.